The Balaban J connectivity index is 1.45. The monoisotopic (exact) mass is 420 g/mol. The van der Waals surface area contributed by atoms with Crippen LogP contribution in [0.25, 0.3) is 27.8 Å². The fraction of sp³-hybridized carbons (Fsp3) is 0.364. The summed E-state index contributed by atoms with van der Waals surface area (Å²) in [4.78, 5) is 19.2. The third-order valence-corrected chi connectivity index (χ3v) is 7.02. The molecule has 9 heteroatoms. The molecule has 2 bridgehead atoms. The number of rotatable bonds is 4. The highest BCUT2D eigenvalue weighted by molar-refractivity contribution is 5.98. The Bertz CT molecular complexity index is 1310. The van der Waals surface area contributed by atoms with Gasteiger partial charge >= 0.3 is 5.97 Å². The molecule has 4 aromatic rings. The van der Waals surface area contributed by atoms with Gasteiger partial charge in [-0.3, -0.25) is 9.20 Å². The summed E-state index contributed by atoms with van der Waals surface area (Å²) in [5.74, 6) is -0.962. The summed E-state index contributed by atoms with van der Waals surface area (Å²) < 4.78 is 15.7. The van der Waals surface area contributed by atoms with Crippen molar-refractivity contribution < 1.29 is 14.3 Å². The second-order valence-electron chi connectivity index (χ2n) is 8.67. The first-order valence-corrected chi connectivity index (χ1v) is 10.5. The predicted molar refractivity (Wildman–Crippen MR) is 112 cm³/mol. The van der Waals surface area contributed by atoms with Crippen molar-refractivity contribution in [3.63, 3.8) is 0 Å². The van der Waals surface area contributed by atoms with E-state index in [4.69, 9.17) is 0 Å². The maximum atomic E-state index is 13.9. The van der Waals surface area contributed by atoms with Gasteiger partial charge in [0.2, 0.25) is 0 Å². The Morgan fingerprint density at radius 3 is 2.81 bits per heavy atom. The van der Waals surface area contributed by atoms with Gasteiger partial charge in [-0.15, -0.1) is 10.2 Å². The van der Waals surface area contributed by atoms with Crippen LogP contribution in [0, 0.1) is 23.6 Å². The lowest BCUT2D eigenvalue weighted by Gasteiger charge is -2.47. The van der Waals surface area contributed by atoms with E-state index in [0.717, 1.165) is 42.5 Å². The average molecular weight is 420 g/mol. The molecule has 0 saturated heterocycles. The number of carbonyl (C=O) groups is 1. The van der Waals surface area contributed by atoms with Gasteiger partial charge in [0, 0.05) is 34.9 Å². The van der Waals surface area contributed by atoms with Crippen LogP contribution in [0.2, 0.25) is 0 Å². The summed E-state index contributed by atoms with van der Waals surface area (Å²) in [6.07, 6.45) is 10.5. The molecule has 2 atom stereocenters. The molecule has 8 nitrogen and oxygen atoms in total. The van der Waals surface area contributed by atoms with Crippen LogP contribution in [0.1, 0.15) is 25.7 Å². The van der Waals surface area contributed by atoms with Crippen molar-refractivity contribution in [3.05, 3.63) is 42.9 Å². The third-order valence-electron chi connectivity index (χ3n) is 7.02. The zero-order chi connectivity index (χ0) is 21.1. The largest absolute Gasteiger partial charge is 0.481 e. The minimum atomic E-state index is -0.726. The van der Waals surface area contributed by atoms with E-state index in [1.807, 2.05) is 12.3 Å². The standard InChI is InChI=1S/C22H21FN6O2/c23-13-5-15-17(8-25-20(15)24-7-13)16-6-14(9-29-10-26-28-21(16)29)27-19-12-3-1-11(2-4-12)18(19)22(30)31/h5-12,18-19,27H,1-4H2,(H,24,25)(H,30,31)/t11-,12+,18-,19?/m0/s1. The minimum absolute atomic E-state index is 0.117. The molecule has 7 rings (SSSR count). The number of carboxylic acid groups (broad SMARTS) is 1. The highest BCUT2D eigenvalue weighted by atomic mass is 19.1. The minimum Gasteiger partial charge on any atom is -0.481 e. The molecule has 4 aromatic heterocycles. The predicted octanol–water partition coefficient (Wildman–Crippen LogP) is 3.71. The highest BCUT2D eigenvalue weighted by Gasteiger charge is 2.47. The van der Waals surface area contributed by atoms with Crippen molar-refractivity contribution in [3.8, 4) is 11.1 Å². The van der Waals surface area contributed by atoms with Crippen molar-refractivity contribution in [1.29, 1.82) is 0 Å². The highest BCUT2D eigenvalue weighted by Crippen LogP contribution is 2.46. The topological polar surface area (TPSA) is 108 Å². The number of nitrogens with zero attached hydrogens (tertiary/aromatic N) is 4. The molecule has 3 N–H and O–H groups in total. The molecule has 31 heavy (non-hydrogen) atoms. The molecule has 0 spiro atoms. The van der Waals surface area contributed by atoms with Gasteiger partial charge in [-0.2, -0.15) is 0 Å². The number of carboxylic acids is 1. The quantitative estimate of drug-likeness (QED) is 0.464. The van der Waals surface area contributed by atoms with E-state index in [1.165, 1.54) is 12.3 Å². The summed E-state index contributed by atoms with van der Waals surface area (Å²) >= 11 is 0. The lowest BCUT2D eigenvalue weighted by molar-refractivity contribution is -0.148. The zero-order valence-corrected chi connectivity index (χ0v) is 16.6. The molecule has 0 radical (unpaired) electrons. The molecular weight excluding hydrogens is 399 g/mol. The van der Waals surface area contributed by atoms with Crippen molar-refractivity contribution in [1.82, 2.24) is 24.6 Å². The van der Waals surface area contributed by atoms with E-state index in [0.29, 0.717) is 22.6 Å². The van der Waals surface area contributed by atoms with E-state index in [-0.39, 0.29) is 17.9 Å². The van der Waals surface area contributed by atoms with Crippen molar-refractivity contribution >= 4 is 28.3 Å². The smallest absolute Gasteiger partial charge is 0.308 e. The molecule has 158 valence electrons. The molecule has 3 fully saturated rings. The summed E-state index contributed by atoms with van der Waals surface area (Å²) in [6.45, 7) is 0. The Labute approximate surface area is 176 Å². The molecule has 0 aromatic carbocycles. The summed E-state index contributed by atoms with van der Waals surface area (Å²) in [6, 6.07) is 3.27. The van der Waals surface area contributed by atoms with Gasteiger partial charge < -0.3 is 15.4 Å². The molecule has 3 saturated carbocycles. The zero-order valence-electron chi connectivity index (χ0n) is 16.6. The van der Waals surface area contributed by atoms with E-state index < -0.39 is 11.8 Å². The number of aromatic amines is 1. The van der Waals surface area contributed by atoms with Crippen LogP contribution in [-0.2, 0) is 4.79 Å². The van der Waals surface area contributed by atoms with Crippen LogP contribution in [0.5, 0.6) is 0 Å². The van der Waals surface area contributed by atoms with Gasteiger partial charge in [0.05, 0.1) is 17.8 Å². The fourth-order valence-electron chi connectivity index (χ4n) is 5.62. The van der Waals surface area contributed by atoms with Crippen LogP contribution < -0.4 is 5.32 Å². The summed E-state index contributed by atoms with van der Waals surface area (Å²) in [5.41, 5.74) is 3.56. The lowest BCUT2D eigenvalue weighted by Crippen LogP contribution is -2.51. The van der Waals surface area contributed by atoms with Crippen LogP contribution in [-0.4, -0.2) is 41.7 Å². The van der Waals surface area contributed by atoms with Gasteiger partial charge in [0.1, 0.15) is 17.8 Å². The summed E-state index contributed by atoms with van der Waals surface area (Å²) in [5, 5.41) is 22.3. The first-order chi connectivity index (χ1) is 15.1. The van der Waals surface area contributed by atoms with Gasteiger partial charge in [-0.1, -0.05) is 0 Å². The maximum Gasteiger partial charge on any atom is 0.308 e. The normalized spacial score (nSPS) is 25.3. The number of aromatic nitrogens is 5. The number of fused-ring (bicyclic) bond motifs is 5. The molecule has 0 amide bonds. The number of hydrogen-bond acceptors (Lipinski definition) is 5. The Morgan fingerprint density at radius 1 is 1.19 bits per heavy atom. The van der Waals surface area contributed by atoms with Crippen molar-refractivity contribution in [2.24, 2.45) is 17.8 Å². The Hall–Kier alpha value is -3.49. The van der Waals surface area contributed by atoms with Gasteiger partial charge in [-0.25, -0.2) is 9.37 Å². The maximum absolute atomic E-state index is 13.9. The van der Waals surface area contributed by atoms with E-state index in [9.17, 15) is 14.3 Å². The first kappa shape index (κ1) is 18.3. The van der Waals surface area contributed by atoms with Crippen LogP contribution in [0.4, 0.5) is 10.1 Å². The second kappa shape index (κ2) is 6.76. The average Bonchev–Trinajstić information content (AvgIpc) is 3.40. The Kier molecular flexibility index (Phi) is 3.99. The van der Waals surface area contributed by atoms with Crippen LogP contribution >= 0.6 is 0 Å². The molecule has 3 aliphatic carbocycles. The number of anilines is 1. The first-order valence-electron chi connectivity index (χ1n) is 10.5. The van der Waals surface area contributed by atoms with Crippen LogP contribution in [0.15, 0.2) is 37.1 Å². The second-order valence-corrected chi connectivity index (χ2v) is 8.67. The van der Waals surface area contributed by atoms with Crippen LogP contribution in [0.3, 0.4) is 0 Å². The lowest BCUT2D eigenvalue weighted by atomic mass is 9.61. The number of nitrogens with one attached hydrogen (secondary N) is 2. The molecule has 3 aliphatic rings. The number of aliphatic carboxylic acids is 1. The molecule has 0 aliphatic heterocycles. The molecule has 4 heterocycles. The van der Waals surface area contributed by atoms with Gasteiger partial charge in [0.25, 0.3) is 0 Å². The third kappa shape index (κ3) is 2.87. The number of halogens is 1. The summed E-state index contributed by atoms with van der Waals surface area (Å²) in [7, 11) is 0. The van der Waals surface area contributed by atoms with Crippen molar-refractivity contribution in [2.75, 3.05) is 5.32 Å². The number of hydrogen-bond donors (Lipinski definition) is 3. The number of H-pyrrole nitrogens is 1. The molecular formula is C22H21FN6O2. The van der Waals surface area contributed by atoms with E-state index in [2.05, 4.69) is 25.5 Å². The van der Waals surface area contributed by atoms with E-state index >= 15 is 0 Å². The van der Waals surface area contributed by atoms with E-state index in [1.54, 1.807) is 16.9 Å². The van der Waals surface area contributed by atoms with Gasteiger partial charge in [-0.05, 0) is 49.7 Å². The number of pyridine rings is 2. The van der Waals surface area contributed by atoms with Crippen molar-refractivity contribution in [2.45, 2.75) is 31.7 Å². The van der Waals surface area contributed by atoms with Gasteiger partial charge in [0.15, 0.2) is 5.65 Å². The fourth-order valence-corrected chi connectivity index (χ4v) is 5.62. The SMILES string of the molecule is O=C(O)[C@@H]1C(Nc2cc(-c3c[nH]c4ncc(F)cc34)c3nncn3c2)[C@H]2CC[C@@H]1CC2. The Morgan fingerprint density at radius 2 is 2.00 bits per heavy atom. The molecule has 1 unspecified atom stereocenters.